The minimum absolute atomic E-state index is 0.191. The summed E-state index contributed by atoms with van der Waals surface area (Å²) in [5.41, 5.74) is 4.41. The lowest BCUT2D eigenvalue weighted by atomic mass is 9.37. The zero-order chi connectivity index (χ0) is 29.9. The third-order valence-electron chi connectivity index (χ3n) is 14.3. The van der Waals surface area contributed by atoms with Crippen LogP contribution in [0.2, 0.25) is 19.6 Å². The first-order valence-corrected chi connectivity index (χ1v) is 23.7. The van der Waals surface area contributed by atoms with Crippen molar-refractivity contribution in [2.45, 2.75) is 108 Å². The Hall–Kier alpha value is -1.14. The molecule has 0 aliphatic heterocycles. The maximum atomic E-state index is 3.89. The normalized spacial score (nSPS) is 38.5. The highest BCUT2D eigenvalue weighted by atomic mass is 31.1. The summed E-state index contributed by atoms with van der Waals surface area (Å²) in [5, 5.41) is 4.82. The molecule has 5 heteroatoms. The van der Waals surface area contributed by atoms with E-state index in [-0.39, 0.29) is 5.16 Å². The standard InChI is InChI=1S/C39H54N2P2Si/c1-44(2,3)35-4-5-36(32(16-35)25-43(33-6-8-40-23-33)34-7-9-41-24-34)39(42,37-17-26-10-27(18-37)12-28(11-26)19-37)38-20-29-13-30(21-38)15-31(14-29)22-38/h4-9,16,23-24,26-31,40-41H,10-15,17-22,25,42H2,1-3H3. The van der Waals surface area contributed by atoms with Crippen LogP contribution in [0, 0.1) is 46.3 Å². The first-order chi connectivity index (χ1) is 21.1. The number of H-pyrrole nitrogens is 2. The Morgan fingerprint density at radius 1 is 0.705 bits per heavy atom. The molecule has 8 aliphatic rings. The van der Waals surface area contributed by atoms with Gasteiger partial charge in [0.25, 0.3) is 0 Å². The number of aromatic nitrogens is 2. The Labute approximate surface area is 270 Å². The molecule has 1 atom stereocenters. The predicted molar refractivity (Wildman–Crippen MR) is 193 cm³/mol. The fourth-order valence-electron chi connectivity index (χ4n) is 13.4. The average Bonchev–Trinajstić information content (AvgIpc) is 3.69. The van der Waals surface area contributed by atoms with E-state index in [9.17, 15) is 0 Å². The molecule has 11 rings (SSSR count). The molecule has 8 saturated carbocycles. The van der Waals surface area contributed by atoms with Crippen molar-refractivity contribution in [3.05, 3.63) is 66.2 Å². The van der Waals surface area contributed by atoms with Crippen LogP contribution in [-0.2, 0) is 11.3 Å². The molecular weight excluding hydrogens is 586 g/mol. The minimum atomic E-state index is -1.48. The highest BCUT2D eigenvalue weighted by Crippen LogP contribution is 2.78. The molecule has 8 aliphatic carbocycles. The van der Waals surface area contributed by atoms with E-state index in [0.717, 1.165) is 41.7 Å². The van der Waals surface area contributed by atoms with E-state index < -0.39 is 16.0 Å². The Kier molecular flexibility index (Phi) is 6.71. The number of nitrogens with one attached hydrogen (secondary N) is 2. The van der Waals surface area contributed by atoms with Crippen molar-refractivity contribution >= 4 is 41.0 Å². The Balaban J connectivity index is 1.26. The van der Waals surface area contributed by atoms with Crippen LogP contribution in [0.3, 0.4) is 0 Å². The Morgan fingerprint density at radius 3 is 1.50 bits per heavy atom. The van der Waals surface area contributed by atoms with Crippen LogP contribution in [0.25, 0.3) is 0 Å². The quantitative estimate of drug-likeness (QED) is 0.182. The summed E-state index contributed by atoms with van der Waals surface area (Å²) in [5.74, 6) is 5.90. The molecule has 44 heavy (non-hydrogen) atoms. The summed E-state index contributed by atoms with van der Waals surface area (Å²) in [6.07, 6.45) is 28.3. The average molecular weight is 641 g/mol. The summed E-state index contributed by atoms with van der Waals surface area (Å²) < 4.78 is 0. The van der Waals surface area contributed by atoms with Gasteiger partial charge in [-0.05, 0) is 165 Å². The molecule has 2 heterocycles. The van der Waals surface area contributed by atoms with E-state index in [4.69, 9.17) is 0 Å². The lowest BCUT2D eigenvalue weighted by Gasteiger charge is -2.72. The Bertz CT molecular complexity index is 1370. The van der Waals surface area contributed by atoms with Gasteiger partial charge in [-0.25, -0.2) is 0 Å². The van der Waals surface area contributed by atoms with Gasteiger partial charge in [-0.2, -0.15) is 0 Å². The molecule has 1 aromatic carbocycles. The second-order valence-corrected chi connectivity index (χ2v) is 26.2. The van der Waals surface area contributed by atoms with Crippen molar-refractivity contribution in [2.75, 3.05) is 0 Å². The predicted octanol–water partition coefficient (Wildman–Crippen LogP) is 9.02. The summed E-state index contributed by atoms with van der Waals surface area (Å²) in [7, 11) is 1.92. The lowest BCUT2D eigenvalue weighted by molar-refractivity contribution is -0.158. The molecule has 2 aromatic heterocycles. The van der Waals surface area contributed by atoms with E-state index in [1.54, 1.807) is 16.3 Å². The number of aromatic amines is 2. The number of hydrogen-bond donors (Lipinski definition) is 2. The first-order valence-electron chi connectivity index (χ1n) is 18.1. The summed E-state index contributed by atoms with van der Waals surface area (Å²) in [6, 6.07) is 12.9. The molecule has 3 aromatic rings. The van der Waals surface area contributed by atoms with Gasteiger partial charge in [0.15, 0.2) is 0 Å². The third kappa shape index (κ3) is 4.37. The molecular formula is C39H54N2P2Si. The van der Waals surface area contributed by atoms with Crippen LogP contribution in [0.5, 0.6) is 0 Å². The van der Waals surface area contributed by atoms with Crippen molar-refractivity contribution in [2.24, 2.45) is 46.3 Å². The van der Waals surface area contributed by atoms with E-state index in [1.807, 2.05) is 0 Å². The van der Waals surface area contributed by atoms with Gasteiger partial charge in [0.2, 0.25) is 0 Å². The van der Waals surface area contributed by atoms with Gasteiger partial charge in [0.05, 0.1) is 8.07 Å². The van der Waals surface area contributed by atoms with Crippen LogP contribution in [-0.4, -0.2) is 18.0 Å². The zero-order valence-corrected chi connectivity index (χ0v) is 30.4. The maximum absolute atomic E-state index is 3.89. The molecule has 234 valence electrons. The van der Waals surface area contributed by atoms with E-state index in [2.05, 4.69) is 94.0 Å². The van der Waals surface area contributed by atoms with Crippen LogP contribution >= 0.6 is 17.2 Å². The van der Waals surface area contributed by atoms with Gasteiger partial charge in [-0.1, -0.05) is 43.0 Å². The smallest absolute Gasteiger partial charge is 0.0776 e. The monoisotopic (exact) mass is 640 g/mol. The zero-order valence-electron chi connectivity index (χ0n) is 27.4. The SMILES string of the molecule is C[Si](C)(C)c1ccc(C(P)(C23CC4CC(CC(C4)C2)C3)C23CC4CC(CC(C4)C2)C3)c(CP(c2cc[nH]c2)c2cc[nH]c2)c1. The highest BCUT2D eigenvalue weighted by molar-refractivity contribution is 7.72. The molecule has 1 unspecified atom stereocenters. The minimum Gasteiger partial charge on any atom is -0.367 e. The van der Waals surface area contributed by atoms with Crippen molar-refractivity contribution in [1.29, 1.82) is 0 Å². The Morgan fingerprint density at radius 2 is 1.14 bits per heavy atom. The van der Waals surface area contributed by atoms with Crippen LogP contribution < -0.4 is 15.8 Å². The maximum Gasteiger partial charge on any atom is 0.0776 e. The molecule has 2 N–H and O–H groups in total. The highest BCUT2D eigenvalue weighted by Gasteiger charge is 2.69. The molecule has 0 amide bonds. The van der Waals surface area contributed by atoms with Crippen molar-refractivity contribution < 1.29 is 0 Å². The van der Waals surface area contributed by atoms with Gasteiger partial charge in [0.1, 0.15) is 0 Å². The largest absolute Gasteiger partial charge is 0.367 e. The molecule has 0 spiro atoms. The van der Waals surface area contributed by atoms with Gasteiger partial charge in [-0.3, -0.25) is 0 Å². The second-order valence-electron chi connectivity index (χ2n) is 18.1. The van der Waals surface area contributed by atoms with E-state index in [1.165, 1.54) is 87.7 Å². The first kappa shape index (κ1) is 29.0. The lowest BCUT2D eigenvalue weighted by Crippen LogP contribution is -2.64. The van der Waals surface area contributed by atoms with Crippen LogP contribution in [0.4, 0.5) is 0 Å². The van der Waals surface area contributed by atoms with Gasteiger partial charge in [0, 0.05) is 36.1 Å². The summed E-state index contributed by atoms with van der Waals surface area (Å²) in [4.78, 5) is 6.85. The van der Waals surface area contributed by atoms with Crippen molar-refractivity contribution in [3.63, 3.8) is 0 Å². The molecule has 8 fully saturated rings. The van der Waals surface area contributed by atoms with E-state index >= 15 is 0 Å². The number of rotatable bonds is 8. The molecule has 2 nitrogen and oxygen atoms in total. The molecule has 0 saturated heterocycles. The van der Waals surface area contributed by atoms with Gasteiger partial charge in [-0.15, -0.1) is 9.24 Å². The fraction of sp³-hybridized carbons (Fsp3) is 0.641. The summed E-state index contributed by atoms with van der Waals surface area (Å²) >= 11 is 0. The third-order valence-corrected chi connectivity index (χ3v) is 20.3. The second kappa shape index (κ2) is 10.2. The van der Waals surface area contributed by atoms with Gasteiger partial charge < -0.3 is 9.97 Å². The van der Waals surface area contributed by atoms with E-state index in [0.29, 0.717) is 10.8 Å². The van der Waals surface area contributed by atoms with Crippen molar-refractivity contribution in [1.82, 2.24) is 9.97 Å². The fourth-order valence-corrected chi connectivity index (χ4v) is 17.8. The van der Waals surface area contributed by atoms with Crippen LogP contribution in [0.1, 0.15) is 88.2 Å². The van der Waals surface area contributed by atoms with Gasteiger partial charge >= 0.3 is 0 Å². The number of benzene rings is 1. The molecule has 8 bridgehead atoms. The van der Waals surface area contributed by atoms with Crippen molar-refractivity contribution in [3.8, 4) is 0 Å². The number of hydrogen-bond acceptors (Lipinski definition) is 0. The molecule has 0 radical (unpaired) electrons. The van der Waals surface area contributed by atoms with Crippen LogP contribution in [0.15, 0.2) is 55.1 Å². The topological polar surface area (TPSA) is 31.6 Å². The summed E-state index contributed by atoms with van der Waals surface area (Å²) in [6.45, 7) is 7.66.